The Morgan fingerprint density at radius 3 is 2.49 bits per heavy atom. The maximum Gasteiger partial charge on any atom is 0.416 e. The lowest BCUT2D eigenvalue weighted by molar-refractivity contribution is -0.137. The Hall–Kier alpha value is -3.67. The molecule has 0 spiro atoms. The first kappa shape index (κ1) is 26.4. The molecule has 0 aliphatic carbocycles. The van der Waals surface area contributed by atoms with Crippen LogP contribution in [0.5, 0.6) is 0 Å². The highest BCUT2D eigenvalue weighted by molar-refractivity contribution is 5.92. The second-order valence-electron chi connectivity index (χ2n) is 10.1. The molecule has 3 heterocycles. The average Bonchev–Trinajstić information content (AvgIpc) is 3.33. The number of alkyl halides is 3. The highest BCUT2D eigenvalue weighted by atomic mass is 19.4. The predicted octanol–water partition coefficient (Wildman–Crippen LogP) is 4.35. The van der Waals surface area contributed by atoms with Gasteiger partial charge in [-0.25, -0.2) is 4.68 Å². The Morgan fingerprint density at radius 1 is 1.08 bits per heavy atom. The van der Waals surface area contributed by atoms with Crippen LogP contribution in [0.25, 0.3) is 5.69 Å². The highest BCUT2D eigenvalue weighted by Crippen LogP contribution is 2.35. The van der Waals surface area contributed by atoms with E-state index in [1.807, 2.05) is 25.7 Å². The molecule has 0 unspecified atom stereocenters. The van der Waals surface area contributed by atoms with Crippen molar-refractivity contribution in [3.8, 4) is 5.69 Å². The Kier molecular flexibility index (Phi) is 7.39. The molecule has 37 heavy (non-hydrogen) atoms. The predicted molar refractivity (Wildman–Crippen MR) is 133 cm³/mol. The number of morpholine rings is 1. The Labute approximate surface area is 213 Å². The fraction of sp³-hybridized carbons (Fsp3) is 0.440. The monoisotopic (exact) mass is 517 g/mol. The fourth-order valence-corrected chi connectivity index (χ4v) is 3.76. The first-order valence-electron chi connectivity index (χ1n) is 11.9. The number of rotatable bonds is 6. The molecular formula is C25H30F3N7O2. The van der Waals surface area contributed by atoms with Gasteiger partial charge < -0.3 is 20.3 Å². The van der Waals surface area contributed by atoms with Gasteiger partial charge in [0.2, 0.25) is 0 Å². The zero-order valence-corrected chi connectivity index (χ0v) is 21.2. The minimum atomic E-state index is -4.50. The van der Waals surface area contributed by atoms with E-state index in [1.54, 1.807) is 19.1 Å². The van der Waals surface area contributed by atoms with Crippen LogP contribution in [0, 0.1) is 12.3 Å². The van der Waals surface area contributed by atoms with Crippen LogP contribution in [0.15, 0.2) is 36.7 Å². The molecule has 9 nitrogen and oxygen atoms in total. The van der Waals surface area contributed by atoms with Crippen molar-refractivity contribution in [3.63, 3.8) is 0 Å². The maximum absolute atomic E-state index is 13.6. The van der Waals surface area contributed by atoms with Crippen molar-refractivity contribution in [1.29, 1.82) is 0 Å². The number of carbonyl (C=O) groups is 1. The van der Waals surface area contributed by atoms with Gasteiger partial charge in [-0.15, -0.1) is 5.10 Å². The number of benzene rings is 1. The topological polar surface area (TPSA) is 97.2 Å². The van der Waals surface area contributed by atoms with E-state index in [2.05, 4.69) is 25.9 Å². The largest absolute Gasteiger partial charge is 0.416 e. The molecular weight excluding hydrogens is 487 g/mol. The summed E-state index contributed by atoms with van der Waals surface area (Å²) in [5, 5.41) is 13.9. The third-order valence-corrected chi connectivity index (χ3v) is 5.72. The molecule has 0 radical (unpaired) electrons. The number of aryl methyl sites for hydroxylation is 1. The molecule has 4 rings (SSSR count). The Bertz CT molecular complexity index is 1260. The van der Waals surface area contributed by atoms with Crippen molar-refractivity contribution < 1.29 is 22.7 Å². The smallest absolute Gasteiger partial charge is 0.378 e. The molecule has 2 N–H and O–H groups in total. The molecule has 1 saturated heterocycles. The Balaban J connectivity index is 1.59. The molecule has 3 aromatic rings. The number of amides is 1. The van der Waals surface area contributed by atoms with Crippen LogP contribution in [0.1, 0.15) is 42.5 Å². The van der Waals surface area contributed by atoms with Crippen LogP contribution in [-0.2, 0) is 10.9 Å². The zero-order chi connectivity index (χ0) is 26.8. The number of aromatic nitrogens is 4. The van der Waals surface area contributed by atoms with Gasteiger partial charge in [0.1, 0.15) is 0 Å². The van der Waals surface area contributed by atoms with Crippen LogP contribution in [0.2, 0.25) is 0 Å². The lowest BCUT2D eigenvalue weighted by atomic mass is 9.97. The molecule has 1 fully saturated rings. The number of hydrogen-bond acceptors (Lipinski definition) is 7. The third kappa shape index (κ3) is 6.76. The van der Waals surface area contributed by atoms with E-state index in [0.717, 1.165) is 12.1 Å². The molecule has 2 aromatic heterocycles. The van der Waals surface area contributed by atoms with Crippen molar-refractivity contribution in [3.05, 3.63) is 53.6 Å². The summed E-state index contributed by atoms with van der Waals surface area (Å²) in [5.74, 6) is -0.347. The standard InChI is InChI=1S/C25H30F3N7O2/c1-16-22(35-14-21(32-33-35)23(36)30-15-24(2,3)4)12-19(13-29-16)31-18-9-17(25(26,27)28)10-20(11-18)34-5-7-37-8-6-34/h9-14,31H,5-8,15H2,1-4H3,(H,30,36). The van der Waals surface area contributed by atoms with Crippen LogP contribution in [0.3, 0.4) is 0 Å². The maximum atomic E-state index is 13.6. The summed E-state index contributed by atoms with van der Waals surface area (Å²) in [6.45, 7) is 10.2. The summed E-state index contributed by atoms with van der Waals surface area (Å²) >= 11 is 0. The van der Waals surface area contributed by atoms with E-state index in [1.165, 1.54) is 17.1 Å². The van der Waals surface area contributed by atoms with E-state index in [9.17, 15) is 18.0 Å². The molecule has 12 heteroatoms. The quantitative estimate of drug-likeness (QED) is 0.502. The minimum absolute atomic E-state index is 0.0861. The SMILES string of the molecule is Cc1ncc(Nc2cc(N3CCOCC3)cc(C(F)(F)F)c2)cc1-n1cc(C(=O)NCC(C)(C)C)nn1. The van der Waals surface area contributed by atoms with Crippen LogP contribution >= 0.6 is 0 Å². The van der Waals surface area contributed by atoms with Crippen LogP contribution in [0.4, 0.5) is 30.2 Å². The van der Waals surface area contributed by atoms with E-state index in [0.29, 0.717) is 55.6 Å². The lowest BCUT2D eigenvalue weighted by Gasteiger charge is -2.30. The molecule has 0 atom stereocenters. The number of nitrogens with zero attached hydrogens (tertiary/aromatic N) is 5. The average molecular weight is 518 g/mol. The molecule has 1 amide bonds. The molecule has 1 aliphatic rings. The zero-order valence-electron chi connectivity index (χ0n) is 21.2. The van der Waals surface area contributed by atoms with E-state index in [-0.39, 0.29) is 22.7 Å². The number of nitrogens with one attached hydrogen (secondary N) is 2. The van der Waals surface area contributed by atoms with E-state index in [4.69, 9.17) is 4.74 Å². The van der Waals surface area contributed by atoms with Crippen molar-refractivity contribution in [2.45, 2.75) is 33.9 Å². The van der Waals surface area contributed by atoms with Gasteiger partial charge in [-0.1, -0.05) is 26.0 Å². The molecule has 198 valence electrons. The summed E-state index contributed by atoms with van der Waals surface area (Å²) in [6, 6.07) is 5.59. The lowest BCUT2D eigenvalue weighted by Crippen LogP contribution is -2.36. The van der Waals surface area contributed by atoms with Crippen molar-refractivity contribution in [2.75, 3.05) is 43.1 Å². The molecule has 0 bridgehead atoms. The van der Waals surface area contributed by atoms with Crippen molar-refractivity contribution >= 4 is 23.0 Å². The van der Waals surface area contributed by atoms with Crippen LogP contribution < -0.4 is 15.5 Å². The Morgan fingerprint density at radius 2 is 1.81 bits per heavy atom. The first-order chi connectivity index (χ1) is 17.4. The number of halogens is 3. The molecule has 1 aliphatic heterocycles. The second kappa shape index (κ2) is 10.4. The van der Waals surface area contributed by atoms with Gasteiger partial charge in [-0.2, -0.15) is 13.2 Å². The summed E-state index contributed by atoms with van der Waals surface area (Å²) in [7, 11) is 0. The van der Waals surface area contributed by atoms with Gasteiger partial charge in [-0.05, 0) is 36.6 Å². The van der Waals surface area contributed by atoms with Gasteiger partial charge in [-0.3, -0.25) is 9.78 Å². The highest BCUT2D eigenvalue weighted by Gasteiger charge is 2.32. The fourth-order valence-electron chi connectivity index (χ4n) is 3.76. The van der Waals surface area contributed by atoms with Gasteiger partial charge in [0.25, 0.3) is 5.91 Å². The molecule has 0 saturated carbocycles. The van der Waals surface area contributed by atoms with E-state index >= 15 is 0 Å². The van der Waals surface area contributed by atoms with Crippen molar-refractivity contribution in [1.82, 2.24) is 25.3 Å². The van der Waals surface area contributed by atoms with Crippen molar-refractivity contribution in [2.24, 2.45) is 5.41 Å². The third-order valence-electron chi connectivity index (χ3n) is 5.72. The number of hydrogen-bond donors (Lipinski definition) is 2. The normalized spacial score (nSPS) is 14.5. The summed E-state index contributed by atoms with van der Waals surface area (Å²) in [5.41, 5.74) is 1.65. The van der Waals surface area contributed by atoms with Gasteiger partial charge >= 0.3 is 6.18 Å². The molecule has 1 aromatic carbocycles. The number of anilines is 3. The van der Waals surface area contributed by atoms with E-state index < -0.39 is 11.7 Å². The second-order valence-corrected chi connectivity index (χ2v) is 10.1. The number of ether oxygens (including phenoxy) is 1. The minimum Gasteiger partial charge on any atom is -0.378 e. The van der Waals surface area contributed by atoms with Gasteiger partial charge in [0.05, 0.1) is 48.2 Å². The number of carbonyl (C=O) groups excluding carboxylic acids is 1. The van der Waals surface area contributed by atoms with Gasteiger partial charge in [0.15, 0.2) is 5.69 Å². The van der Waals surface area contributed by atoms with Crippen LogP contribution in [-0.4, -0.2) is 58.7 Å². The summed E-state index contributed by atoms with van der Waals surface area (Å²) in [6.07, 6.45) is -1.48. The first-order valence-corrected chi connectivity index (χ1v) is 11.9. The summed E-state index contributed by atoms with van der Waals surface area (Å²) in [4.78, 5) is 18.7. The van der Waals surface area contributed by atoms with Gasteiger partial charge in [0, 0.05) is 31.0 Å². The number of pyridine rings is 1. The summed E-state index contributed by atoms with van der Waals surface area (Å²) < 4.78 is 47.7.